The number of nitro benzene ring substituents is 1. The summed E-state index contributed by atoms with van der Waals surface area (Å²) in [5.74, 6) is -14.6. The predicted octanol–water partition coefficient (Wildman–Crippen LogP) is 0.612. The zero-order valence-corrected chi connectivity index (χ0v) is 20.4. The van der Waals surface area contributed by atoms with E-state index in [0.717, 1.165) is 3.57 Å². The maximum absolute atomic E-state index is 12.8. The van der Waals surface area contributed by atoms with Gasteiger partial charge in [0.05, 0.1) is 11.0 Å². The van der Waals surface area contributed by atoms with Crippen LogP contribution in [0.5, 0.6) is 5.75 Å². The summed E-state index contributed by atoms with van der Waals surface area (Å²) in [5, 5.41) is 10.6. The van der Waals surface area contributed by atoms with Gasteiger partial charge in [-0.05, 0) is 18.2 Å². The summed E-state index contributed by atoms with van der Waals surface area (Å²) in [6, 6.07) is 17.0. The van der Waals surface area contributed by atoms with Crippen molar-refractivity contribution >= 4 is 25.7 Å². The zero-order chi connectivity index (χ0) is 24.8. The molecule has 33 heavy (non-hydrogen) atoms. The van der Waals surface area contributed by atoms with Gasteiger partial charge in [-0.1, -0.05) is 24.3 Å². The second kappa shape index (κ2) is 11.7. The minimum absolute atomic E-state index is 0.174. The van der Waals surface area contributed by atoms with Gasteiger partial charge in [-0.15, -0.1) is 0 Å². The third kappa shape index (κ3) is 7.35. The van der Waals surface area contributed by atoms with Gasteiger partial charge >= 0.3 is 115 Å². The summed E-state index contributed by atoms with van der Waals surface area (Å²) < 4.78 is 103. The third-order valence-corrected chi connectivity index (χ3v) is 7.70. The normalized spacial score (nSPS) is 12.3. The molecule has 0 fully saturated rings. The Hall–Kier alpha value is -2.29. The molecule has 0 heterocycles. The van der Waals surface area contributed by atoms with Crippen molar-refractivity contribution < 1.29 is 65.2 Å². The Labute approximate surface area is 197 Å². The summed E-state index contributed by atoms with van der Waals surface area (Å²) in [7, 11) is 0. The fourth-order valence-electron chi connectivity index (χ4n) is 2.04. The first kappa shape index (κ1) is 27.0. The van der Waals surface area contributed by atoms with Crippen LogP contribution in [0.4, 0.5) is 32.2 Å². The molecule has 1 atom stereocenters. The molecule has 7 nitrogen and oxygen atoms in total. The van der Waals surface area contributed by atoms with Crippen LogP contribution in [0.1, 0.15) is 0 Å². The van der Waals surface area contributed by atoms with Crippen LogP contribution in [-0.2, 0) is 6.24 Å². The number of rotatable bonds is 6. The summed E-state index contributed by atoms with van der Waals surface area (Å²) in [4.78, 5) is 10.3. The molecular weight excluding hydrogens is 689 g/mol. The van der Waals surface area contributed by atoms with Crippen molar-refractivity contribution in [2.75, 3.05) is 0 Å². The van der Waals surface area contributed by atoms with Crippen molar-refractivity contribution in [3.8, 4) is 5.75 Å². The molecule has 0 bridgehead atoms. The van der Waals surface area contributed by atoms with Crippen molar-refractivity contribution in [1.29, 1.82) is 0 Å². The van der Waals surface area contributed by atoms with E-state index in [9.17, 15) is 43.0 Å². The molecule has 0 aliphatic carbocycles. The Balaban J connectivity index is 0.000000234. The van der Waals surface area contributed by atoms with Gasteiger partial charge in [0.2, 0.25) is 3.57 Å². The first-order valence-corrected chi connectivity index (χ1v) is 14.6. The Kier molecular flexibility index (Phi) is 9.57. The Morgan fingerprint density at radius 2 is 1.33 bits per heavy atom. The second-order valence-electron chi connectivity index (χ2n) is 5.63. The fraction of sp³-hybridized carbons (Fsp3) is 0. The molecule has 3 aromatic carbocycles. The SMILES string of the molecule is O=[N+]([O-])c1cccc([I+]c2ccccc2)c1.[O]=[Sb]([O-])([O]F)[O]c1c(F)c(F)c(F)c(F)c1F. The molecule has 1 unspecified atom stereocenters. The van der Waals surface area contributed by atoms with E-state index >= 15 is 0 Å². The van der Waals surface area contributed by atoms with Crippen LogP contribution >= 0.6 is 0 Å². The molecule has 0 saturated carbocycles. The number of non-ortho nitro benzene ring substituents is 1. The summed E-state index contributed by atoms with van der Waals surface area (Å²) in [5.41, 5.74) is 0.174. The van der Waals surface area contributed by atoms with Gasteiger partial charge in [0.15, 0.2) is 3.57 Å². The van der Waals surface area contributed by atoms with Crippen LogP contribution in [0.15, 0.2) is 54.6 Å². The molecule has 0 N–H and O–H groups in total. The summed E-state index contributed by atoms with van der Waals surface area (Å²) in [6.45, 7) is 0. The number of nitro groups is 1. The topological polar surface area (TPSA) is 102 Å². The molecule has 3 aromatic rings. The summed E-state index contributed by atoms with van der Waals surface area (Å²) in [6.07, 6.45) is 0. The van der Waals surface area contributed by atoms with E-state index in [1.54, 1.807) is 12.1 Å². The van der Waals surface area contributed by atoms with E-state index in [-0.39, 0.29) is 31.8 Å². The van der Waals surface area contributed by atoms with Crippen molar-refractivity contribution in [3.63, 3.8) is 0 Å². The molecule has 0 aromatic heterocycles. The number of hydrogen-bond acceptors (Lipinski definition) is 6. The van der Waals surface area contributed by atoms with Crippen molar-refractivity contribution in [2.24, 2.45) is 0 Å². The molecule has 0 amide bonds. The first-order valence-electron chi connectivity index (χ1n) is 8.23. The number of nitrogens with zero attached hydrogens (tertiary/aromatic N) is 1. The quantitative estimate of drug-likeness (QED) is 0.0713. The average Bonchev–Trinajstić information content (AvgIpc) is 2.80. The molecule has 15 heteroatoms. The van der Waals surface area contributed by atoms with E-state index in [1.807, 2.05) is 24.3 Å². The van der Waals surface area contributed by atoms with Crippen LogP contribution in [0.25, 0.3) is 0 Å². The predicted molar refractivity (Wildman–Crippen MR) is 92.4 cm³/mol. The van der Waals surface area contributed by atoms with Gasteiger partial charge in [-0.2, -0.15) is 0 Å². The Bertz CT molecular complexity index is 1170. The van der Waals surface area contributed by atoms with Crippen molar-refractivity contribution in [2.45, 2.75) is 0 Å². The first-order chi connectivity index (χ1) is 15.5. The van der Waals surface area contributed by atoms with E-state index in [0.29, 0.717) is 0 Å². The number of benzene rings is 3. The zero-order valence-electron chi connectivity index (χ0n) is 15.7. The second-order valence-corrected chi connectivity index (χ2v) is 12.1. The van der Waals surface area contributed by atoms with Gasteiger partial charge in [-0.3, -0.25) is 10.1 Å². The Morgan fingerprint density at radius 3 is 1.85 bits per heavy atom. The summed E-state index contributed by atoms with van der Waals surface area (Å²) >= 11 is -7.10. The van der Waals surface area contributed by atoms with Crippen LogP contribution in [0, 0.1) is 46.3 Å². The molecule has 3 rings (SSSR count). The van der Waals surface area contributed by atoms with E-state index in [2.05, 4.69) is 18.4 Å². The van der Waals surface area contributed by atoms with E-state index in [1.165, 1.54) is 9.64 Å². The average molecular weight is 698 g/mol. The van der Waals surface area contributed by atoms with Gasteiger partial charge in [0.1, 0.15) is 0 Å². The molecular formula is C18H9F6INO6Sb. The fourth-order valence-corrected chi connectivity index (χ4v) is 5.58. The molecule has 0 aliphatic rings. The van der Waals surface area contributed by atoms with Crippen LogP contribution in [0.3, 0.4) is 0 Å². The molecule has 0 saturated heterocycles. The van der Waals surface area contributed by atoms with Gasteiger partial charge in [-0.25, -0.2) is 0 Å². The van der Waals surface area contributed by atoms with E-state index in [4.69, 9.17) is 0 Å². The van der Waals surface area contributed by atoms with E-state index < -0.39 is 54.9 Å². The van der Waals surface area contributed by atoms with Gasteiger partial charge in [0.25, 0.3) is 5.69 Å². The van der Waals surface area contributed by atoms with Crippen molar-refractivity contribution in [1.82, 2.24) is 0 Å². The minimum atomic E-state index is -6.78. The van der Waals surface area contributed by atoms with Crippen LogP contribution < -0.4 is 27.6 Å². The monoisotopic (exact) mass is 697 g/mol. The number of halogens is 7. The standard InChI is InChI=1S/C12H9INO2.C6HF5O.FO.2O.Sb/c15-14(16)12-8-4-7-11(9-12)13-10-5-2-1-3-6-10;7-1-2(8)4(10)6(12)5(11)3(1)9;1-2;;;/h1-9H;12H;;;;/q+1;;-1;;-1;+2/p-1. The van der Waals surface area contributed by atoms with Crippen molar-refractivity contribution in [3.05, 3.63) is 101 Å². The van der Waals surface area contributed by atoms with Crippen LogP contribution in [0.2, 0.25) is 0 Å². The van der Waals surface area contributed by atoms with Gasteiger partial charge < -0.3 is 0 Å². The molecule has 0 radical (unpaired) electrons. The molecule has 176 valence electrons. The maximum atomic E-state index is 12.8. The molecule has 0 aliphatic heterocycles. The van der Waals surface area contributed by atoms with Gasteiger partial charge in [0, 0.05) is 6.07 Å². The van der Waals surface area contributed by atoms with Crippen LogP contribution in [-0.4, -0.2) is 25.0 Å². The Morgan fingerprint density at radius 1 is 0.818 bits per heavy atom. The number of hydrogen-bond donors (Lipinski definition) is 0. The molecule has 0 spiro atoms. The third-order valence-electron chi connectivity index (χ3n) is 3.43.